The molecule has 100 valence electrons. The summed E-state index contributed by atoms with van der Waals surface area (Å²) in [6.45, 7) is 3.93. The maximum absolute atomic E-state index is 11.5. The van der Waals surface area contributed by atoms with Gasteiger partial charge in [-0.15, -0.1) is 0 Å². The molecule has 0 bridgehead atoms. The smallest absolute Gasteiger partial charge is 0.258 e. The SMILES string of the molecule is CCC(C)NC(=O)COc1ccc(CO)cc1Br. The van der Waals surface area contributed by atoms with Crippen molar-refractivity contribution in [2.24, 2.45) is 0 Å². The summed E-state index contributed by atoms with van der Waals surface area (Å²) in [6.07, 6.45) is 0.890. The number of benzene rings is 1. The lowest BCUT2D eigenvalue weighted by molar-refractivity contribution is -0.123. The third-order valence-corrected chi connectivity index (χ3v) is 3.18. The van der Waals surface area contributed by atoms with E-state index in [4.69, 9.17) is 9.84 Å². The van der Waals surface area contributed by atoms with Crippen molar-refractivity contribution >= 4 is 21.8 Å². The lowest BCUT2D eigenvalue weighted by atomic mass is 10.2. The predicted molar refractivity (Wildman–Crippen MR) is 73.5 cm³/mol. The molecule has 0 heterocycles. The molecule has 4 nitrogen and oxygen atoms in total. The number of carbonyl (C=O) groups excluding carboxylic acids is 1. The molecule has 0 radical (unpaired) electrons. The van der Waals surface area contributed by atoms with Crippen LogP contribution in [0.15, 0.2) is 22.7 Å². The summed E-state index contributed by atoms with van der Waals surface area (Å²) in [5.41, 5.74) is 0.790. The minimum absolute atomic E-state index is 0.0125. The molecule has 18 heavy (non-hydrogen) atoms. The van der Waals surface area contributed by atoms with Crippen molar-refractivity contribution < 1.29 is 14.6 Å². The molecule has 0 fully saturated rings. The van der Waals surface area contributed by atoms with Gasteiger partial charge in [0.15, 0.2) is 6.61 Å². The second-order valence-electron chi connectivity index (χ2n) is 4.09. The van der Waals surface area contributed by atoms with Crippen molar-refractivity contribution in [1.82, 2.24) is 5.32 Å². The van der Waals surface area contributed by atoms with Crippen LogP contribution >= 0.6 is 15.9 Å². The number of halogens is 1. The summed E-state index contributed by atoms with van der Waals surface area (Å²) >= 11 is 3.33. The first-order chi connectivity index (χ1) is 8.56. The third kappa shape index (κ3) is 4.66. The lowest BCUT2D eigenvalue weighted by Crippen LogP contribution is -2.35. The summed E-state index contributed by atoms with van der Waals surface area (Å²) in [7, 11) is 0. The van der Waals surface area contributed by atoms with E-state index in [0.29, 0.717) is 5.75 Å². The first-order valence-electron chi connectivity index (χ1n) is 5.88. The van der Waals surface area contributed by atoms with Crippen molar-refractivity contribution in [1.29, 1.82) is 0 Å². The van der Waals surface area contributed by atoms with Gasteiger partial charge in [0.2, 0.25) is 0 Å². The molecular weight excluding hydrogens is 298 g/mol. The van der Waals surface area contributed by atoms with E-state index in [1.807, 2.05) is 13.8 Å². The molecule has 1 amide bonds. The number of amides is 1. The van der Waals surface area contributed by atoms with Gasteiger partial charge in [0.05, 0.1) is 11.1 Å². The van der Waals surface area contributed by atoms with Gasteiger partial charge in [0.25, 0.3) is 5.91 Å². The molecule has 1 aromatic rings. The highest BCUT2D eigenvalue weighted by molar-refractivity contribution is 9.10. The van der Waals surface area contributed by atoms with E-state index < -0.39 is 0 Å². The van der Waals surface area contributed by atoms with Gasteiger partial charge < -0.3 is 15.2 Å². The summed E-state index contributed by atoms with van der Waals surface area (Å²) in [5, 5.41) is 11.8. The Morgan fingerprint density at radius 1 is 1.56 bits per heavy atom. The van der Waals surface area contributed by atoms with Crippen LogP contribution < -0.4 is 10.1 Å². The Kier molecular flexibility index (Phi) is 6.15. The second-order valence-corrected chi connectivity index (χ2v) is 4.94. The van der Waals surface area contributed by atoms with Crippen molar-refractivity contribution in [3.63, 3.8) is 0 Å². The van der Waals surface area contributed by atoms with Gasteiger partial charge in [0.1, 0.15) is 5.75 Å². The Hall–Kier alpha value is -1.07. The molecule has 1 atom stereocenters. The van der Waals surface area contributed by atoms with E-state index >= 15 is 0 Å². The first-order valence-corrected chi connectivity index (χ1v) is 6.67. The molecule has 0 saturated carbocycles. The Labute approximate surface area is 115 Å². The van der Waals surface area contributed by atoms with Crippen LogP contribution in [-0.2, 0) is 11.4 Å². The summed E-state index contributed by atoms with van der Waals surface area (Å²) in [5.74, 6) is 0.453. The number of aliphatic hydroxyl groups excluding tert-OH is 1. The highest BCUT2D eigenvalue weighted by Gasteiger charge is 2.08. The van der Waals surface area contributed by atoms with Gasteiger partial charge in [-0.3, -0.25) is 4.79 Å². The Morgan fingerprint density at radius 3 is 2.83 bits per heavy atom. The monoisotopic (exact) mass is 315 g/mol. The molecule has 0 aromatic heterocycles. The fourth-order valence-electron chi connectivity index (χ4n) is 1.32. The van der Waals surface area contributed by atoms with Gasteiger partial charge in [-0.2, -0.15) is 0 Å². The van der Waals surface area contributed by atoms with Crippen LogP contribution in [0.2, 0.25) is 0 Å². The summed E-state index contributed by atoms with van der Waals surface area (Å²) in [4.78, 5) is 11.5. The standard InChI is InChI=1S/C13H18BrNO3/c1-3-9(2)15-13(17)8-18-12-5-4-10(7-16)6-11(12)14/h4-6,9,16H,3,7-8H2,1-2H3,(H,15,17). The highest BCUT2D eigenvalue weighted by atomic mass is 79.9. The van der Waals surface area contributed by atoms with E-state index in [1.165, 1.54) is 0 Å². The molecule has 1 unspecified atom stereocenters. The van der Waals surface area contributed by atoms with Crippen LogP contribution in [0.4, 0.5) is 0 Å². The van der Waals surface area contributed by atoms with Gasteiger partial charge in [-0.25, -0.2) is 0 Å². The number of carbonyl (C=O) groups is 1. The first kappa shape index (κ1) is 15.0. The topological polar surface area (TPSA) is 58.6 Å². The predicted octanol–water partition coefficient (Wildman–Crippen LogP) is 2.23. The number of ether oxygens (including phenoxy) is 1. The normalized spacial score (nSPS) is 12.0. The molecule has 2 N–H and O–H groups in total. The number of hydrogen-bond donors (Lipinski definition) is 2. The van der Waals surface area contributed by atoms with Gasteiger partial charge in [0, 0.05) is 6.04 Å². The second kappa shape index (κ2) is 7.38. The zero-order valence-corrected chi connectivity index (χ0v) is 12.2. The fraction of sp³-hybridized carbons (Fsp3) is 0.462. The van der Waals surface area contributed by atoms with Crippen LogP contribution in [0.3, 0.4) is 0 Å². The Bertz CT molecular complexity index is 409. The average molecular weight is 316 g/mol. The van der Waals surface area contributed by atoms with Crippen LogP contribution in [0.5, 0.6) is 5.75 Å². The van der Waals surface area contributed by atoms with E-state index in [1.54, 1.807) is 18.2 Å². The number of aliphatic hydroxyl groups is 1. The molecule has 0 spiro atoms. The summed E-state index contributed by atoms with van der Waals surface area (Å²) in [6, 6.07) is 5.40. The van der Waals surface area contributed by atoms with Crippen molar-refractivity contribution in [3.05, 3.63) is 28.2 Å². The van der Waals surface area contributed by atoms with E-state index in [0.717, 1.165) is 16.5 Å². The maximum Gasteiger partial charge on any atom is 0.258 e. The minimum atomic E-state index is -0.137. The molecular formula is C13H18BrNO3. The largest absolute Gasteiger partial charge is 0.483 e. The van der Waals surface area contributed by atoms with Crippen molar-refractivity contribution in [2.75, 3.05) is 6.61 Å². The maximum atomic E-state index is 11.5. The average Bonchev–Trinajstić information content (AvgIpc) is 2.36. The van der Waals surface area contributed by atoms with Crippen LogP contribution in [0.1, 0.15) is 25.8 Å². The minimum Gasteiger partial charge on any atom is -0.483 e. The quantitative estimate of drug-likeness (QED) is 0.846. The Morgan fingerprint density at radius 2 is 2.28 bits per heavy atom. The summed E-state index contributed by atoms with van der Waals surface area (Å²) < 4.78 is 6.13. The third-order valence-electron chi connectivity index (χ3n) is 2.56. The zero-order valence-electron chi connectivity index (χ0n) is 10.6. The van der Waals surface area contributed by atoms with Crippen molar-refractivity contribution in [2.45, 2.75) is 32.9 Å². The van der Waals surface area contributed by atoms with Crippen LogP contribution in [0, 0.1) is 0 Å². The molecule has 0 aliphatic rings. The van der Waals surface area contributed by atoms with Crippen LogP contribution in [0.25, 0.3) is 0 Å². The zero-order chi connectivity index (χ0) is 13.5. The van der Waals surface area contributed by atoms with E-state index in [2.05, 4.69) is 21.2 Å². The van der Waals surface area contributed by atoms with E-state index in [9.17, 15) is 4.79 Å². The van der Waals surface area contributed by atoms with Gasteiger partial charge >= 0.3 is 0 Å². The lowest BCUT2D eigenvalue weighted by Gasteiger charge is -2.13. The highest BCUT2D eigenvalue weighted by Crippen LogP contribution is 2.25. The number of rotatable bonds is 6. The fourth-order valence-corrected chi connectivity index (χ4v) is 1.86. The molecule has 0 saturated heterocycles. The van der Waals surface area contributed by atoms with Gasteiger partial charge in [-0.05, 0) is 47.0 Å². The molecule has 0 aliphatic carbocycles. The Balaban J connectivity index is 2.51. The molecule has 1 rings (SSSR count). The number of hydrogen-bond acceptors (Lipinski definition) is 3. The van der Waals surface area contributed by atoms with E-state index in [-0.39, 0.29) is 25.2 Å². The molecule has 5 heteroatoms. The van der Waals surface area contributed by atoms with Crippen LogP contribution in [-0.4, -0.2) is 23.7 Å². The molecule has 0 aliphatic heterocycles. The van der Waals surface area contributed by atoms with Crippen molar-refractivity contribution in [3.8, 4) is 5.75 Å². The molecule has 1 aromatic carbocycles. The number of nitrogens with one attached hydrogen (secondary N) is 1. The van der Waals surface area contributed by atoms with Gasteiger partial charge in [-0.1, -0.05) is 13.0 Å².